The molecule has 2 N–H and O–H groups in total. The van der Waals surface area contributed by atoms with Gasteiger partial charge in [-0.3, -0.25) is 0 Å². The zero-order valence-corrected chi connectivity index (χ0v) is 9.26. The van der Waals surface area contributed by atoms with Crippen LogP contribution in [0.5, 0.6) is 5.75 Å². The lowest BCUT2D eigenvalue weighted by atomic mass is 10.3. The van der Waals surface area contributed by atoms with Crippen molar-refractivity contribution in [3.63, 3.8) is 0 Å². The Morgan fingerprint density at radius 2 is 2.21 bits per heavy atom. The van der Waals surface area contributed by atoms with Gasteiger partial charge < -0.3 is 15.2 Å². The first-order chi connectivity index (χ1) is 6.77. The summed E-state index contributed by atoms with van der Waals surface area (Å²) in [4.78, 5) is 0.998. The maximum atomic E-state index is 5.79. The minimum atomic E-state index is 0.619. The van der Waals surface area contributed by atoms with Gasteiger partial charge in [-0.15, -0.1) is 0 Å². The largest absolute Gasteiger partial charge is 0.497 e. The third-order valence-electron chi connectivity index (χ3n) is 1.72. The number of methoxy groups -OCH3 is 1. The van der Waals surface area contributed by atoms with E-state index in [1.54, 1.807) is 18.9 Å². The van der Waals surface area contributed by atoms with Gasteiger partial charge in [0.15, 0.2) is 0 Å². The second-order valence-corrected chi connectivity index (χ2v) is 3.62. The molecule has 0 saturated carbocycles. The molecule has 0 fully saturated rings. The number of hydrogen-bond donors (Lipinski definition) is 1. The zero-order chi connectivity index (χ0) is 10.4. The van der Waals surface area contributed by atoms with Crippen LogP contribution in [0.2, 0.25) is 0 Å². The van der Waals surface area contributed by atoms with Crippen LogP contribution >= 0.6 is 11.8 Å². The number of thioether (sulfide) groups is 1. The average molecular weight is 213 g/mol. The van der Waals surface area contributed by atoms with Crippen molar-refractivity contribution in [1.82, 2.24) is 0 Å². The second-order valence-electron chi connectivity index (χ2n) is 2.66. The highest BCUT2D eigenvalue weighted by atomic mass is 32.2. The second kappa shape index (κ2) is 5.78. The molecule has 0 aliphatic rings. The summed E-state index contributed by atoms with van der Waals surface area (Å²) in [5.41, 5.74) is 6.55. The van der Waals surface area contributed by atoms with Crippen molar-refractivity contribution in [2.24, 2.45) is 0 Å². The minimum Gasteiger partial charge on any atom is -0.497 e. The zero-order valence-electron chi connectivity index (χ0n) is 8.45. The fourth-order valence-electron chi connectivity index (χ4n) is 0.955. The van der Waals surface area contributed by atoms with Crippen LogP contribution < -0.4 is 10.5 Å². The van der Waals surface area contributed by atoms with Crippen LogP contribution in [0.15, 0.2) is 23.1 Å². The molecule has 14 heavy (non-hydrogen) atoms. The summed E-state index contributed by atoms with van der Waals surface area (Å²) in [5.74, 6) is 1.44. The highest BCUT2D eigenvalue weighted by Crippen LogP contribution is 2.28. The average Bonchev–Trinajstić information content (AvgIpc) is 2.21. The van der Waals surface area contributed by atoms with E-state index in [1.165, 1.54) is 0 Å². The maximum Gasteiger partial charge on any atom is 0.120 e. The Balaban J connectivity index is 2.64. The van der Waals surface area contributed by atoms with Crippen molar-refractivity contribution in [1.29, 1.82) is 0 Å². The van der Waals surface area contributed by atoms with Gasteiger partial charge in [-0.25, -0.2) is 0 Å². The molecule has 78 valence electrons. The summed E-state index contributed by atoms with van der Waals surface area (Å²) >= 11 is 1.57. The summed E-state index contributed by atoms with van der Waals surface area (Å²) in [6, 6.07) is 5.60. The number of rotatable bonds is 5. The number of nitrogens with two attached hydrogens (primary N) is 1. The summed E-state index contributed by atoms with van der Waals surface area (Å²) in [5, 5.41) is 0. The third-order valence-corrected chi connectivity index (χ3v) is 2.67. The van der Waals surface area contributed by atoms with Crippen LogP contribution in [-0.2, 0) is 4.74 Å². The van der Waals surface area contributed by atoms with Gasteiger partial charge in [-0.05, 0) is 25.1 Å². The highest BCUT2D eigenvalue weighted by Gasteiger charge is 2.01. The molecule has 1 rings (SSSR count). The summed E-state index contributed by atoms with van der Waals surface area (Å²) in [6.07, 6.45) is 0. The first-order valence-corrected chi connectivity index (χ1v) is 5.40. The first kappa shape index (κ1) is 11.2. The molecule has 0 spiro atoms. The molecule has 0 amide bonds. The van der Waals surface area contributed by atoms with E-state index < -0.39 is 0 Å². The maximum absolute atomic E-state index is 5.79. The number of hydrogen-bond acceptors (Lipinski definition) is 4. The summed E-state index contributed by atoms with van der Waals surface area (Å²) < 4.78 is 10.3. The van der Waals surface area contributed by atoms with E-state index in [1.807, 2.05) is 25.1 Å². The SMILES string of the molecule is CCOCSc1cc(OC)ccc1N. The monoisotopic (exact) mass is 213 g/mol. The summed E-state index contributed by atoms with van der Waals surface area (Å²) in [7, 11) is 1.64. The molecule has 0 saturated heterocycles. The van der Waals surface area contributed by atoms with E-state index in [0.29, 0.717) is 5.94 Å². The molecular weight excluding hydrogens is 198 g/mol. The molecule has 0 heterocycles. The van der Waals surface area contributed by atoms with Gasteiger partial charge in [-0.2, -0.15) is 0 Å². The van der Waals surface area contributed by atoms with E-state index >= 15 is 0 Å². The van der Waals surface area contributed by atoms with Gasteiger partial charge in [0.1, 0.15) is 5.75 Å². The van der Waals surface area contributed by atoms with Gasteiger partial charge in [0, 0.05) is 17.2 Å². The Bertz CT molecular complexity index is 291. The normalized spacial score (nSPS) is 10.1. The Kier molecular flexibility index (Phi) is 4.62. The van der Waals surface area contributed by atoms with Crippen LogP contribution in [0.25, 0.3) is 0 Å². The molecule has 0 aromatic heterocycles. The van der Waals surface area contributed by atoms with Crippen LogP contribution in [0.4, 0.5) is 5.69 Å². The predicted molar refractivity (Wildman–Crippen MR) is 59.8 cm³/mol. The van der Waals surface area contributed by atoms with E-state index in [4.69, 9.17) is 15.2 Å². The van der Waals surface area contributed by atoms with E-state index in [0.717, 1.165) is 22.9 Å². The van der Waals surface area contributed by atoms with Gasteiger partial charge in [0.2, 0.25) is 0 Å². The van der Waals surface area contributed by atoms with E-state index in [9.17, 15) is 0 Å². The Morgan fingerprint density at radius 1 is 1.43 bits per heavy atom. The number of anilines is 1. The topological polar surface area (TPSA) is 44.5 Å². The quantitative estimate of drug-likeness (QED) is 0.353. The standard InChI is InChI=1S/C10H15NO2S/c1-3-13-7-14-10-6-8(12-2)4-5-9(10)11/h4-6H,3,7,11H2,1-2H3. The fourth-order valence-corrected chi connectivity index (χ4v) is 1.77. The molecule has 1 aromatic carbocycles. The number of nitrogen functional groups attached to an aromatic ring is 1. The van der Waals surface area contributed by atoms with E-state index in [-0.39, 0.29) is 0 Å². The van der Waals surface area contributed by atoms with Gasteiger partial charge in [-0.1, -0.05) is 11.8 Å². The molecule has 0 unspecified atom stereocenters. The molecule has 0 radical (unpaired) electrons. The van der Waals surface area contributed by atoms with Crippen LogP contribution in [0.1, 0.15) is 6.92 Å². The lowest BCUT2D eigenvalue weighted by molar-refractivity contribution is 0.199. The highest BCUT2D eigenvalue weighted by molar-refractivity contribution is 7.99. The Labute approximate surface area is 88.6 Å². The van der Waals surface area contributed by atoms with Crippen LogP contribution in [0, 0.1) is 0 Å². The number of benzene rings is 1. The molecule has 0 aliphatic heterocycles. The molecule has 0 atom stereocenters. The fraction of sp³-hybridized carbons (Fsp3) is 0.400. The molecule has 0 aliphatic carbocycles. The van der Waals surface area contributed by atoms with E-state index in [2.05, 4.69) is 0 Å². The van der Waals surface area contributed by atoms with Gasteiger partial charge in [0.25, 0.3) is 0 Å². The lowest BCUT2D eigenvalue weighted by Crippen LogP contribution is -1.93. The van der Waals surface area contributed by atoms with Crippen molar-refractivity contribution in [3.8, 4) is 5.75 Å². The number of ether oxygens (including phenoxy) is 2. The Morgan fingerprint density at radius 3 is 2.86 bits per heavy atom. The van der Waals surface area contributed by atoms with Crippen molar-refractivity contribution < 1.29 is 9.47 Å². The molecule has 4 heteroatoms. The molecule has 3 nitrogen and oxygen atoms in total. The molecular formula is C10H15NO2S. The minimum absolute atomic E-state index is 0.619. The smallest absolute Gasteiger partial charge is 0.120 e. The van der Waals surface area contributed by atoms with Gasteiger partial charge in [0.05, 0.1) is 13.0 Å². The summed E-state index contributed by atoms with van der Waals surface area (Å²) in [6.45, 7) is 2.69. The van der Waals surface area contributed by atoms with Crippen molar-refractivity contribution in [2.75, 3.05) is 25.4 Å². The van der Waals surface area contributed by atoms with Crippen molar-refractivity contribution in [2.45, 2.75) is 11.8 Å². The van der Waals surface area contributed by atoms with Gasteiger partial charge >= 0.3 is 0 Å². The van der Waals surface area contributed by atoms with Crippen LogP contribution in [0.3, 0.4) is 0 Å². The lowest BCUT2D eigenvalue weighted by Gasteiger charge is -2.07. The molecule has 1 aromatic rings. The van der Waals surface area contributed by atoms with Crippen molar-refractivity contribution in [3.05, 3.63) is 18.2 Å². The first-order valence-electron chi connectivity index (χ1n) is 4.42. The molecule has 0 bridgehead atoms. The Hall–Kier alpha value is -0.870. The van der Waals surface area contributed by atoms with Crippen LogP contribution in [-0.4, -0.2) is 19.7 Å². The predicted octanol–water partition coefficient (Wildman–Crippen LogP) is 2.36. The van der Waals surface area contributed by atoms with Crippen molar-refractivity contribution >= 4 is 17.4 Å². The third kappa shape index (κ3) is 3.12.